The van der Waals surface area contributed by atoms with Gasteiger partial charge in [-0.15, -0.1) is 0 Å². The van der Waals surface area contributed by atoms with Crippen LogP contribution in [0.3, 0.4) is 0 Å². The van der Waals surface area contributed by atoms with Crippen molar-refractivity contribution in [2.75, 3.05) is 19.0 Å². The van der Waals surface area contributed by atoms with Crippen LogP contribution in [0, 0.1) is 0 Å². The van der Waals surface area contributed by atoms with Crippen molar-refractivity contribution in [2.45, 2.75) is 26.4 Å². The van der Waals surface area contributed by atoms with Crippen LogP contribution in [0.15, 0.2) is 24.3 Å². The smallest absolute Gasteiger partial charge is 0.0713 e. The van der Waals surface area contributed by atoms with Crippen molar-refractivity contribution in [3.8, 4) is 0 Å². The Balaban J connectivity index is 2.46. The van der Waals surface area contributed by atoms with Crippen LogP contribution in [-0.4, -0.2) is 13.7 Å². The third-order valence-electron chi connectivity index (χ3n) is 2.10. The van der Waals surface area contributed by atoms with Crippen LogP contribution in [0.1, 0.15) is 25.3 Å². The second-order valence-electron chi connectivity index (χ2n) is 3.41. The number of nitrogens with one attached hydrogen (secondary N) is 1. The molecule has 0 heterocycles. The summed E-state index contributed by atoms with van der Waals surface area (Å²) in [5.41, 5.74) is 2.40. The third-order valence-corrected chi connectivity index (χ3v) is 2.10. The highest BCUT2D eigenvalue weighted by atomic mass is 16.5. The van der Waals surface area contributed by atoms with E-state index in [-0.39, 0.29) is 0 Å². The lowest BCUT2D eigenvalue weighted by atomic mass is 10.2. The van der Waals surface area contributed by atoms with Gasteiger partial charge in [-0.2, -0.15) is 0 Å². The Kier molecular flexibility index (Phi) is 5.08. The van der Waals surface area contributed by atoms with Crippen LogP contribution >= 0.6 is 0 Å². The van der Waals surface area contributed by atoms with Gasteiger partial charge in [-0.1, -0.05) is 25.5 Å². The standard InChI is InChI=1S/C12H19NO/c1-3-4-8-13-12-7-5-6-11(9-12)10-14-2/h5-7,9,13H,3-4,8,10H2,1-2H3. The number of unbranched alkanes of at least 4 members (excludes halogenated alkanes) is 1. The zero-order chi connectivity index (χ0) is 10.2. The number of anilines is 1. The van der Waals surface area contributed by atoms with Gasteiger partial charge < -0.3 is 10.1 Å². The first kappa shape index (κ1) is 11.1. The van der Waals surface area contributed by atoms with Gasteiger partial charge in [0.1, 0.15) is 0 Å². The van der Waals surface area contributed by atoms with Crippen LogP contribution in [0.25, 0.3) is 0 Å². The summed E-state index contributed by atoms with van der Waals surface area (Å²) < 4.78 is 5.08. The minimum Gasteiger partial charge on any atom is -0.385 e. The highest BCUT2D eigenvalue weighted by Crippen LogP contribution is 2.11. The zero-order valence-electron chi connectivity index (χ0n) is 9.05. The fraction of sp³-hybridized carbons (Fsp3) is 0.500. The molecule has 2 nitrogen and oxygen atoms in total. The molecule has 1 aromatic carbocycles. The molecule has 0 spiro atoms. The first-order chi connectivity index (χ1) is 6.86. The quantitative estimate of drug-likeness (QED) is 0.701. The maximum absolute atomic E-state index is 5.08. The van der Waals surface area contributed by atoms with E-state index in [0.717, 1.165) is 6.54 Å². The van der Waals surface area contributed by atoms with Crippen molar-refractivity contribution in [2.24, 2.45) is 0 Å². The highest BCUT2D eigenvalue weighted by molar-refractivity contribution is 5.45. The van der Waals surface area contributed by atoms with Gasteiger partial charge in [-0.3, -0.25) is 0 Å². The van der Waals surface area contributed by atoms with Crippen LogP contribution in [0.5, 0.6) is 0 Å². The molecule has 0 fully saturated rings. The molecule has 1 rings (SSSR count). The summed E-state index contributed by atoms with van der Waals surface area (Å²) in [4.78, 5) is 0. The van der Waals surface area contributed by atoms with Gasteiger partial charge in [0.15, 0.2) is 0 Å². The van der Waals surface area contributed by atoms with E-state index in [1.165, 1.54) is 24.1 Å². The second kappa shape index (κ2) is 6.44. The fourth-order valence-corrected chi connectivity index (χ4v) is 1.35. The molecule has 0 radical (unpaired) electrons. The topological polar surface area (TPSA) is 21.3 Å². The molecule has 2 heteroatoms. The van der Waals surface area contributed by atoms with Gasteiger partial charge in [0, 0.05) is 19.3 Å². The van der Waals surface area contributed by atoms with Crippen molar-refractivity contribution in [1.29, 1.82) is 0 Å². The van der Waals surface area contributed by atoms with Crippen LogP contribution in [-0.2, 0) is 11.3 Å². The van der Waals surface area contributed by atoms with Crippen molar-refractivity contribution < 1.29 is 4.74 Å². The van der Waals surface area contributed by atoms with Crippen molar-refractivity contribution in [1.82, 2.24) is 0 Å². The van der Waals surface area contributed by atoms with Crippen molar-refractivity contribution >= 4 is 5.69 Å². The first-order valence-corrected chi connectivity index (χ1v) is 5.18. The zero-order valence-corrected chi connectivity index (χ0v) is 9.05. The normalized spacial score (nSPS) is 10.1. The molecular formula is C12H19NO. The third kappa shape index (κ3) is 3.79. The SMILES string of the molecule is CCCCNc1cccc(COC)c1. The van der Waals surface area contributed by atoms with Gasteiger partial charge in [-0.05, 0) is 24.1 Å². The molecule has 1 aromatic rings. The largest absolute Gasteiger partial charge is 0.385 e. The molecule has 0 atom stereocenters. The predicted molar refractivity (Wildman–Crippen MR) is 60.6 cm³/mol. The molecule has 1 N–H and O–H groups in total. The Morgan fingerprint density at radius 2 is 2.21 bits per heavy atom. The lowest BCUT2D eigenvalue weighted by molar-refractivity contribution is 0.185. The van der Waals surface area contributed by atoms with Crippen molar-refractivity contribution in [3.63, 3.8) is 0 Å². The monoisotopic (exact) mass is 193 g/mol. The number of ether oxygens (including phenoxy) is 1. The lowest BCUT2D eigenvalue weighted by Gasteiger charge is -2.07. The summed E-state index contributed by atoms with van der Waals surface area (Å²) in [5.74, 6) is 0. The highest BCUT2D eigenvalue weighted by Gasteiger charge is 1.94. The molecule has 0 aromatic heterocycles. The van der Waals surface area contributed by atoms with Gasteiger partial charge in [-0.25, -0.2) is 0 Å². The van der Waals surface area contributed by atoms with E-state index in [9.17, 15) is 0 Å². The summed E-state index contributed by atoms with van der Waals surface area (Å²) >= 11 is 0. The van der Waals surface area contributed by atoms with E-state index in [2.05, 4.69) is 36.5 Å². The molecule has 14 heavy (non-hydrogen) atoms. The van der Waals surface area contributed by atoms with E-state index in [4.69, 9.17) is 4.74 Å². The molecule has 0 aliphatic carbocycles. The summed E-state index contributed by atoms with van der Waals surface area (Å²) in [6, 6.07) is 8.37. The number of hydrogen-bond donors (Lipinski definition) is 1. The Morgan fingerprint density at radius 3 is 2.93 bits per heavy atom. The molecule has 78 valence electrons. The summed E-state index contributed by atoms with van der Waals surface area (Å²) in [7, 11) is 1.72. The Hall–Kier alpha value is -1.02. The maximum atomic E-state index is 5.08. The molecule has 0 saturated carbocycles. The number of rotatable bonds is 6. The molecular weight excluding hydrogens is 174 g/mol. The molecule has 0 saturated heterocycles. The average molecular weight is 193 g/mol. The second-order valence-corrected chi connectivity index (χ2v) is 3.41. The maximum Gasteiger partial charge on any atom is 0.0713 e. The van der Waals surface area contributed by atoms with E-state index < -0.39 is 0 Å². The fourth-order valence-electron chi connectivity index (χ4n) is 1.35. The molecule has 0 amide bonds. The Bertz CT molecular complexity index is 260. The predicted octanol–water partition coefficient (Wildman–Crippen LogP) is 3.05. The van der Waals surface area contributed by atoms with Gasteiger partial charge >= 0.3 is 0 Å². The van der Waals surface area contributed by atoms with Gasteiger partial charge in [0.05, 0.1) is 6.61 Å². The number of benzene rings is 1. The van der Waals surface area contributed by atoms with E-state index in [1.54, 1.807) is 7.11 Å². The summed E-state index contributed by atoms with van der Waals surface area (Å²) in [6.45, 7) is 3.93. The first-order valence-electron chi connectivity index (χ1n) is 5.18. The van der Waals surface area contributed by atoms with Crippen LogP contribution in [0.2, 0.25) is 0 Å². The average Bonchev–Trinajstić information content (AvgIpc) is 2.19. The van der Waals surface area contributed by atoms with Gasteiger partial charge in [0.25, 0.3) is 0 Å². The van der Waals surface area contributed by atoms with Crippen molar-refractivity contribution in [3.05, 3.63) is 29.8 Å². The Labute approximate surface area is 86.3 Å². The summed E-state index contributed by atoms with van der Waals surface area (Å²) in [5, 5.41) is 3.39. The minimum atomic E-state index is 0.684. The number of hydrogen-bond acceptors (Lipinski definition) is 2. The lowest BCUT2D eigenvalue weighted by Crippen LogP contribution is -2.01. The minimum absolute atomic E-state index is 0.684. The van der Waals surface area contributed by atoms with Crippen LogP contribution < -0.4 is 5.32 Å². The molecule has 0 unspecified atom stereocenters. The van der Waals surface area contributed by atoms with E-state index in [1.807, 2.05) is 0 Å². The van der Waals surface area contributed by atoms with Crippen LogP contribution in [0.4, 0.5) is 5.69 Å². The van der Waals surface area contributed by atoms with E-state index in [0.29, 0.717) is 6.61 Å². The number of methoxy groups -OCH3 is 1. The van der Waals surface area contributed by atoms with Gasteiger partial charge in [0.2, 0.25) is 0 Å². The molecule has 0 aliphatic heterocycles. The molecule has 0 aliphatic rings. The Morgan fingerprint density at radius 1 is 1.36 bits per heavy atom. The van der Waals surface area contributed by atoms with E-state index >= 15 is 0 Å². The molecule has 0 bridgehead atoms. The summed E-state index contributed by atoms with van der Waals surface area (Å²) in [6.07, 6.45) is 2.44.